The number of nitrogens with two attached hydrogens (primary N) is 1. The van der Waals surface area contributed by atoms with Gasteiger partial charge in [-0.25, -0.2) is 0 Å². The van der Waals surface area contributed by atoms with E-state index in [9.17, 15) is 0 Å². The van der Waals surface area contributed by atoms with Crippen molar-refractivity contribution >= 4 is 0 Å². The molecule has 0 saturated carbocycles. The van der Waals surface area contributed by atoms with Crippen LogP contribution in [-0.4, -0.2) is 6.04 Å². The number of rotatable bonds is 32. The highest BCUT2D eigenvalue weighted by Crippen LogP contribution is 2.16. The van der Waals surface area contributed by atoms with Crippen LogP contribution in [0.3, 0.4) is 0 Å². The monoisotopic (exact) mass is 520 g/mol. The molecule has 0 amide bonds. The largest absolute Gasteiger partial charge is 0.328 e. The van der Waals surface area contributed by atoms with Crippen molar-refractivity contribution in [1.82, 2.24) is 0 Å². The minimum absolute atomic E-state index is 0.457. The van der Waals surface area contributed by atoms with Crippen LogP contribution in [0.1, 0.15) is 213 Å². The summed E-state index contributed by atoms with van der Waals surface area (Å²) in [5.41, 5.74) is 6.38. The maximum absolute atomic E-state index is 6.38. The van der Waals surface area contributed by atoms with Crippen molar-refractivity contribution in [2.45, 2.75) is 219 Å². The van der Waals surface area contributed by atoms with E-state index < -0.39 is 0 Å². The second-order valence-corrected chi connectivity index (χ2v) is 12.2. The first-order valence-corrected chi connectivity index (χ1v) is 17.7. The summed E-state index contributed by atoms with van der Waals surface area (Å²) in [5.74, 6) is 0. The highest BCUT2D eigenvalue weighted by molar-refractivity contribution is 4.81. The molecule has 0 heterocycles. The molecule has 0 aliphatic carbocycles. The van der Waals surface area contributed by atoms with Gasteiger partial charge in [0.05, 0.1) is 0 Å². The lowest BCUT2D eigenvalue weighted by atomic mass is 10.00. The molecule has 0 aliphatic rings. The third-order valence-corrected chi connectivity index (χ3v) is 8.27. The van der Waals surface area contributed by atoms with Crippen LogP contribution in [0.4, 0.5) is 0 Å². The first kappa shape index (κ1) is 36.7. The van der Waals surface area contributed by atoms with E-state index in [1.807, 2.05) is 0 Å². The van der Waals surface area contributed by atoms with Gasteiger partial charge in [0.1, 0.15) is 0 Å². The van der Waals surface area contributed by atoms with E-state index in [-0.39, 0.29) is 0 Å². The molecule has 1 atom stereocenters. The van der Waals surface area contributed by atoms with Crippen LogP contribution in [-0.2, 0) is 0 Å². The molecule has 1 nitrogen and oxygen atoms in total. The van der Waals surface area contributed by atoms with Gasteiger partial charge in [-0.2, -0.15) is 0 Å². The molecule has 0 radical (unpaired) electrons. The van der Waals surface area contributed by atoms with Gasteiger partial charge in [0.2, 0.25) is 0 Å². The minimum Gasteiger partial charge on any atom is -0.328 e. The van der Waals surface area contributed by atoms with Crippen LogP contribution in [0, 0.1) is 0 Å². The molecule has 0 rings (SSSR count). The Morgan fingerprint density at radius 1 is 0.351 bits per heavy atom. The lowest BCUT2D eigenvalue weighted by molar-refractivity contribution is 0.479. The molecular formula is C36H73N. The molecule has 0 aromatic heterocycles. The molecule has 0 aliphatic heterocycles. The predicted octanol–water partition coefficient (Wildman–Crippen LogP) is 13.0. The van der Waals surface area contributed by atoms with Crippen LogP contribution in [0.25, 0.3) is 0 Å². The Labute approximate surface area is 236 Å². The Morgan fingerprint density at radius 3 is 0.892 bits per heavy atom. The predicted molar refractivity (Wildman–Crippen MR) is 172 cm³/mol. The van der Waals surface area contributed by atoms with Crippen molar-refractivity contribution in [3.8, 4) is 0 Å². The lowest BCUT2D eigenvalue weighted by Gasteiger charge is -2.11. The molecule has 1 unspecified atom stereocenters. The molecule has 0 fully saturated rings. The van der Waals surface area contributed by atoms with Crippen LogP contribution in [0.2, 0.25) is 0 Å². The quantitative estimate of drug-likeness (QED) is 0.0693. The molecule has 0 aromatic rings. The van der Waals surface area contributed by atoms with E-state index in [2.05, 4.69) is 26.0 Å². The first-order valence-electron chi connectivity index (χ1n) is 17.7. The van der Waals surface area contributed by atoms with Crippen molar-refractivity contribution in [1.29, 1.82) is 0 Å². The van der Waals surface area contributed by atoms with Crippen molar-refractivity contribution < 1.29 is 0 Å². The van der Waals surface area contributed by atoms with Gasteiger partial charge in [-0.1, -0.05) is 187 Å². The summed E-state index contributed by atoms with van der Waals surface area (Å²) < 4.78 is 0. The molecule has 37 heavy (non-hydrogen) atoms. The van der Waals surface area contributed by atoms with Crippen molar-refractivity contribution in [3.63, 3.8) is 0 Å². The fraction of sp³-hybridized carbons (Fsp3) is 0.944. The summed E-state index contributed by atoms with van der Waals surface area (Å²) in [4.78, 5) is 0. The van der Waals surface area contributed by atoms with E-state index in [0.717, 1.165) is 0 Å². The van der Waals surface area contributed by atoms with Gasteiger partial charge in [0.25, 0.3) is 0 Å². The topological polar surface area (TPSA) is 26.0 Å². The second-order valence-electron chi connectivity index (χ2n) is 12.2. The van der Waals surface area contributed by atoms with E-state index in [4.69, 9.17) is 5.73 Å². The van der Waals surface area contributed by atoms with Gasteiger partial charge in [-0.3, -0.25) is 0 Å². The normalized spacial score (nSPS) is 12.6. The summed E-state index contributed by atoms with van der Waals surface area (Å²) in [6.45, 7) is 4.59. The van der Waals surface area contributed by atoms with Crippen molar-refractivity contribution in [2.24, 2.45) is 5.73 Å². The van der Waals surface area contributed by atoms with Gasteiger partial charge in [-0.05, 0) is 38.5 Å². The van der Waals surface area contributed by atoms with Crippen LogP contribution in [0.5, 0.6) is 0 Å². The standard InChI is InChI=1S/C36H73N/c1-3-5-7-9-11-13-15-17-19-21-23-25-27-29-31-33-35-36(37)34-32-30-28-26-24-22-20-18-16-14-12-10-8-6-4-2/h17,19,36H,3-16,18,20-35,37H2,1-2H3. The summed E-state index contributed by atoms with van der Waals surface area (Å²) in [7, 11) is 0. The number of allylic oxidation sites excluding steroid dienone is 2. The fourth-order valence-electron chi connectivity index (χ4n) is 5.58. The van der Waals surface area contributed by atoms with Gasteiger partial charge >= 0.3 is 0 Å². The Kier molecular flexibility index (Phi) is 33.5. The van der Waals surface area contributed by atoms with Crippen molar-refractivity contribution in [3.05, 3.63) is 12.2 Å². The van der Waals surface area contributed by atoms with E-state index in [0.29, 0.717) is 6.04 Å². The summed E-state index contributed by atoms with van der Waals surface area (Å²) in [5, 5.41) is 0. The van der Waals surface area contributed by atoms with E-state index >= 15 is 0 Å². The zero-order valence-corrected chi connectivity index (χ0v) is 26.2. The fourth-order valence-corrected chi connectivity index (χ4v) is 5.58. The molecule has 2 N–H and O–H groups in total. The van der Waals surface area contributed by atoms with Crippen LogP contribution < -0.4 is 5.73 Å². The van der Waals surface area contributed by atoms with E-state index in [1.165, 1.54) is 199 Å². The smallest absolute Gasteiger partial charge is 0.00388 e. The maximum atomic E-state index is 6.38. The van der Waals surface area contributed by atoms with Gasteiger partial charge in [0.15, 0.2) is 0 Å². The molecule has 222 valence electrons. The molecular weight excluding hydrogens is 446 g/mol. The SMILES string of the molecule is CCCCCCCCC=CCCCCCCCCC(N)CCCCCCCCCCCCCCCCC. The Balaban J connectivity index is 3.18. The molecule has 1 heteroatoms. The third kappa shape index (κ3) is 33.7. The van der Waals surface area contributed by atoms with Gasteiger partial charge in [0, 0.05) is 6.04 Å². The summed E-state index contributed by atoms with van der Waals surface area (Å²) >= 11 is 0. The maximum Gasteiger partial charge on any atom is 0.00388 e. The number of hydrogen-bond donors (Lipinski definition) is 1. The summed E-state index contributed by atoms with van der Waals surface area (Å²) in [6.07, 6.45) is 48.4. The second kappa shape index (κ2) is 33.7. The molecule has 0 bridgehead atoms. The third-order valence-electron chi connectivity index (χ3n) is 8.27. The Bertz CT molecular complexity index is 415. The lowest BCUT2D eigenvalue weighted by Crippen LogP contribution is -2.19. The molecule has 0 aromatic carbocycles. The van der Waals surface area contributed by atoms with E-state index in [1.54, 1.807) is 0 Å². The molecule has 0 spiro atoms. The highest BCUT2D eigenvalue weighted by atomic mass is 14.6. The minimum atomic E-state index is 0.457. The van der Waals surface area contributed by atoms with Crippen LogP contribution in [0.15, 0.2) is 12.2 Å². The van der Waals surface area contributed by atoms with Gasteiger partial charge < -0.3 is 5.73 Å². The van der Waals surface area contributed by atoms with Gasteiger partial charge in [-0.15, -0.1) is 0 Å². The first-order chi connectivity index (χ1) is 18.3. The molecule has 0 saturated heterocycles. The van der Waals surface area contributed by atoms with Crippen molar-refractivity contribution in [2.75, 3.05) is 0 Å². The zero-order valence-electron chi connectivity index (χ0n) is 26.2. The summed E-state index contributed by atoms with van der Waals surface area (Å²) in [6, 6.07) is 0.457. The number of hydrogen-bond acceptors (Lipinski definition) is 1. The van der Waals surface area contributed by atoms with Crippen LogP contribution >= 0.6 is 0 Å². The average molecular weight is 520 g/mol. The highest BCUT2D eigenvalue weighted by Gasteiger charge is 2.02. The Hall–Kier alpha value is -0.300. The Morgan fingerprint density at radius 2 is 0.595 bits per heavy atom. The number of unbranched alkanes of at least 4 members (excludes halogenated alkanes) is 26. The average Bonchev–Trinajstić information content (AvgIpc) is 2.90. The zero-order chi connectivity index (χ0) is 26.9.